The summed E-state index contributed by atoms with van der Waals surface area (Å²) >= 11 is 0. The van der Waals surface area contributed by atoms with Crippen molar-refractivity contribution in [3.8, 4) is 22.8 Å². The molecule has 5 rings (SSSR count). The van der Waals surface area contributed by atoms with Crippen molar-refractivity contribution in [3.63, 3.8) is 0 Å². The number of hydrogen-bond donors (Lipinski definition) is 0. The van der Waals surface area contributed by atoms with Crippen LogP contribution in [-0.2, 0) is 6.18 Å². The predicted molar refractivity (Wildman–Crippen MR) is 113 cm³/mol. The number of carbonyl (C=O) groups excluding carboxylic acids is 1. The van der Waals surface area contributed by atoms with Gasteiger partial charge in [-0.2, -0.15) is 13.2 Å². The number of aromatic nitrogens is 2. The highest BCUT2D eigenvalue weighted by atomic mass is 19.4. The Balaban J connectivity index is 1.30. The van der Waals surface area contributed by atoms with Gasteiger partial charge in [0.15, 0.2) is 11.5 Å². The van der Waals surface area contributed by atoms with Crippen molar-refractivity contribution in [2.24, 2.45) is 0 Å². The highest BCUT2D eigenvalue weighted by molar-refractivity contribution is 5.96. The van der Waals surface area contributed by atoms with E-state index in [9.17, 15) is 22.4 Å². The van der Waals surface area contributed by atoms with Crippen LogP contribution < -0.4 is 14.4 Å². The van der Waals surface area contributed by atoms with Crippen LogP contribution in [0.5, 0.6) is 11.5 Å². The lowest BCUT2D eigenvalue weighted by Crippen LogP contribution is -2.49. The van der Waals surface area contributed by atoms with E-state index in [0.29, 0.717) is 42.3 Å². The molecule has 2 aromatic carbocycles. The van der Waals surface area contributed by atoms with Gasteiger partial charge in [0.25, 0.3) is 5.91 Å². The topological polar surface area (TPSA) is 67.8 Å². The Morgan fingerprint density at radius 1 is 0.941 bits per heavy atom. The number of rotatable bonds is 3. The fraction of sp³-hybridized carbons (Fsp3) is 0.261. The van der Waals surface area contributed by atoms with Crippen LogP contribution in [0.25, 0.3) is 11.3 Å². The average Bonchev–Trinajstić information content (AvgIpc) is 3.31. The highest BCUT2D eigenvalue weighted by Crippen LogP contribution is 2.36. The fourth-order valence-corrected chi connectivity index (χ4v) is 3.93. The van der Waals surface area contributed by atoms with Gasteiger partial charge in [-0.1, -0.05) is 0 Å². The fourth-order valence-electron chi connectivity index (χ4n) is 3.93. The van der Waals surface area contributed by atoms with Crippen molar-refractivity contribution in [2.75, 3.05) is 37.9 Å². The molecule has 2 aliphatic rings. The van der Waals surface area contributed by atoms with Crippen LogP contribution in [0.1, 0.15) is 15.9 Å². The summed E-state index contributed by atoms with van der Waals surface area (Å²) in [7, 11) is 0. The van der Waals surface area contributed by atoms with E-state index in [0.717, 1.165) is 17.7 Å². The van der Waals surface area contributed by atoms with Gasteiger partial charge in [0.2, 0.25) is 12.7 Å². The molecule has 0 bridgehead atoms. The van der Waals surface area contributed by atoms with Gasteiger partial charge in [-0.3, -0.25) is 4.79 Å². The van der Waals surface area contributed by atoms with Gasteiger partial charge in [0.1, 0.15) is 5.82 Å². The molecule has 0 radical (unpaired) electrons. The number of piperazine rings is 1. The second kappa shape index (κ2) is 8.47. The lowest BCUT2D eigenvalue weighted by molar-refractivity contribution is -0.138. The summed E-state index contributed by atoms with van der Waals surface area (Å²) in [6, 6.07) is 9.32. The summed E-state index contributed by atoms with van der Waals surface area (Å²) < 4.78 is 64.1. The van der Waals surface area contributed by atoms with Crippen molar-refractivity contribution in [3.05, 3.63) is 65.6 Å². The number of anilines is 1. The third-order valence-corrected chi connectivity index (χ3v) is 5.68. The maximum atomic E-state index is 13.4. The Labute approximate surface area is 191 Å². The molecule has 1 aromatic heterocycles. The first-order valence-electron chi connectivity index (χ1n) is 10.4. The summed E-state index contributed by atoms with van der Waals surface area (Å²) in [6.45, 7) is 1.17. The van der Waals surface area contributed by atoms with Crippen LogP contribution in [-0.4, -0.2) is 53.7 Å². The first-order valence-corrected chi connectivity index (χ1v) is 10.4. The number of hydrogen-bond acceptors (Lipinski definition) is 6. The normalized spacial score (nSPS) is 15.5. The summed E-state index contributed by atoms with van der Waals surface area (Å²) in [5.74, 6) is -0.104. The van der Waals surface area contributed by atoms with E-state index in [1.54, 1.807) is 18.3 Å². The first kappa shape index (κ1) is 21.9. The molecule has 0 N–H and O–H groups in total. The molecule has 0 unspecified atom stereocenters. The highest BCUT2D eigenvalue weighted by Gasteiger charge is 2.37. The summed E-state index contributed by atoms with van der Waals surface area (Å²) in [4.78, 5) is 24.9. The molecule has 11 heteroatoms. The van der Waals surface area contributed by atoms with E-state index in [1.807, 2.05) is 17.0 Å². The molecule has 1 saturated heterocycles. The molecule has 0 saturated carbocycles. The SMILES string of the molecule is O=C(c1ccc(F)cc1C(F)(F)F)N1CCN(c2nccc(-c3ccc4c(c3)OCO4)n2)CC1. The molecular formula is C23H18F4N4O3. The minimum atomic E-state index is -4.84. The van der Waals surface area contributed by atoms with Gasteiger partial charge in [-0.25, -0.2) is 14.4 Å². The Bertz CT molecular complexity index is 1240. The Morgan fingerprint density at radius 3 is 2.47 bits per heavy atom. The molecule has 1 amide bonds. The second-order valence-electron chi connectivity index (χ2n) is 7.78. The minimum Gasteiger partial charge on any atom is -0.454 e. The molecule has 7 nitrogen and oxygen atoms in total. The molecule has 176 valence electrons. The molecule has 3 aromatic rings. The van der Waals surface area contributed by atoms with Crippen molar-refractivity contribution < 1.29 is 31.8 Å². The Hall–Kier alpha value is -3.89. The summed E-state index contributed by atoms with van der Waals surface area (Å²) in [5, 5.41) is 0. The van der Waals surface area contributed by atoms with Gasteiger partial charge in [-0.15, -0.1) is 0 Å². The average molecular weight is 474 g/mol. The zero-order valence-electron chi connectivity index (χ0n) is 17.7. The maximum absolute atomic E-state index is 13.4. The number of nitrogens with zero attached hydrogens (tertiary/aromatic N) is 4. The number of halogens is 4. The number of amides is 1. The van der Waals surface area contributed by atoms with E-state index in [1.165, 1.54) is 4.90 Å². The van der Waals surface area contributed by atoms with Gasteiger partial charge in [0, 0.05) is 37.9 Å². The smallest absolute Gasteiger partial charge is 0.417 e. The number of carbonyl (C=O) groups is 1. The number of ether oxygens (including phenoxy) is 2. The third kappa shape index (κ3) is 4.20. The van der Waals surface area contributed by atoms with Crippen LogP contribution in [0.4, 0.5) is 23.5 Å². The molecule has 2 aliphatic heterocycles. The monoisotopic (exact) mass is 474 g/mol. The van der Waals surface area contributed by atoms with Crippen LogP contribution in [0.15, 0.2) is 48.7 Å². The number of fused-ring (bicyclic) bond motifs is 1. The van der Waals surface area contributed by atoms with Crippen LogP contribution >= 0.6 is 0 Å². The zero-order valence-corrected chi connectivity index (χ0v) is 17.7. The molecule has 1 fully saturated rings. The summed E-state index contributed by atoms with van der Waals surface area (Å²) in [6.07, 6.45) is -3.22. The lowest BCUT2D eigenvalue weighted by Gasteiger charge is -2.35. The van der Waals surface area contributed by atoms with E-state index in [-0.39, 0.29) is 19.9 Å². The van der Waals surface area contributed by atoms with Gasteiger partial charge in [0.05, 0.1) is 16.8 Å². The second-order valence-corrected chi connectivity index (χ2v) is 7.78. The van der Waals surface area contributed by atoms with Crippen molar-refractivity contribution in [2.45, 2.75) is 6.18 Å². The van der Waals surface area contributed by atoms with Crippen LogP contribution in [0.3, 0.4) is 0 Å². The summed E-state index contributed by atoms with van der Waals surface area (Å²) in [5.41, 5.74) is -0.358. The van der Waals surface area contributed by atoms with Gasteiger partial charge in [-0.05, 0) is 42.5 Å². The van der Waals surface area contributed by atoms with Crippen molar-refractivity contribution in [1.82, 2.24) is 14.9 Å². The Morgan fingerprint density at radius 2 is 1.71 bits per heavy atom. The lowest BCUT2D eigenvalue weighted by atomic mass is 10.0. The number of benzene rings is 2. The van der Waals surface area contributed by atoms with Gasteiger partial charge >= 0.3 is 6.18 Å². The first-order chi connectivity index (χ1) is 16.3. The van der Waals surface area contributed by atoms with E-state index < -0.39 is 29.0 Å². The van der Waals surface area contributed by atoms with Crippen LogP contribution in [0, 0.1) is 5.82 Å². The van der Waals surface area contributed by atoms with Crippen LogP contribution in [0.2, 0.25) is 0 Å². The number of alkyl halides is 3. The maximum Gasteiger partial charge on any atom is 0.417 e. The zero-order chi connectivity index (χ0) is 23.9. The van der Waals surface area contributed by atoms with Crippen molar-refractivity contribution >= 4 is 11.9 Å². The third-order valence-electron chi connectivity index (χ3n) is 5.68. The molecule has 0 atom stereocenters. The standard InChI is InChI=1S/C23H18F4N4O3/c24-15-2-3-16(17(12-15)23(25,26)27)21(32)30-7-9-31(10-8-30)22-28-6-5-18(29-22)14-1-4-19-20(11-14)34-13-33-19/h1-6,11-12H,7-10,13H2. The molecular weight excluding hydrogens is 456 g/mol. The minimum absolute atomic E-state index is 0.166. The van der Waals surface area contributed by atoms with E-state index in [2.05, 4.69) is 9.97 Å². The molecule has 3 heterocycles. The molecule has 0 aliphatic carbocycles. The largest absolute Gasteiger partial charge is 0.454 e. The Kier molecular flexibility index (Phi) is 5.46. The van der Waals surface area contributed by atoms with E-state index in [4.69, 9.17) is 9.47 Å². The quantitative estimate of drug-likeness (QED) is 0.535. The van der Waals surface area contributed by atoms with Crippen molar-refractivity contribution in [1.29, 1.82) is 0 Å². The molecule has 34 heavy (non-hydrogen) atoms. The van der Waals surface area contributed by atoms with E-state index >= 15 is 0 Å². The molecule has 0 spiro atoms. The predicted octanol–water partition coefficient (Wildman–Crippen LogP) is 3.99. The van der Waals surface area contributed by atoms with Gasteiger partial charge < -0.3 is 19.3 Å².